The molecular formula is C17H22ClNO. The number of nitrogens with zero attached hydrogens (tertiary/aromatic N) is 1. The maximum atomic E-state index is 11.9. The summed E-state index contributed by atoms with van der Waals surface area (Å²) in [4.78, 5) is 14.0. The Hall–Kier alpha value is -1.02. The molecule has 0 radical (unpaired) electrons. The molecule has 20 heavy (non-hydrogen) atoms. The standard InChI is InChI=1S/C17H22ClNO/c18-15-8-6-13(7-9-15)11-14-3-1-4-16(12-14)19-10-2-5-17(19)20/h6-9,14,16H,1-5,10-12H2. The fourth-order valence-electron chi connectivity index (χ4n) is 3.74. The number of carbonyl (C=O) groups excluding carboxylic acids is 1. The van der Waals surface area contributed by atoms with Crippen LogP contribution in [-0.2, 0) is 11.2 Å². The van der Waals surface area contributed by atoms with E-state index in [1.165, 1.54) is 31.2 Å². The zero-order valence-electron chi connectivity index (χ0n) is 11.9. The highest BCUT2D eigenvalue weighted by Gasteiger charge is 2.31. The van der Waals surface area contributed by atoms with Gasteiger partial charge in [0, 0.05) is 24.0 Å². The topological polar surface area (TPSA) is 20.3 Å². The molecular weight excluding hydrogens is 270 g/mol. The van der Waals surface area contributed by atoms with E-state index in [1.807, 2.05) is 12.1 Å². The van der Waals surface area contributed by atoms with E-state index < -0.39 is 0 Å². The second-order valence-electron chi connectivity index (χ2n) is 6.21. The zero-order chi connectivity index (χ0) is 13.9. The van der Waals surface area contributed by atoms with Crippen LogP contribution in [0, 0.1) is 5.92 Å². The Morgan fingerprint density at radius 2 is 1.95 bits per heavy atom. The predicted molar refractivity (Wildman–Crippen MR) is 81.8 cm³/mol. The van der Waals surface area contributed by atoms with Gasteiger partial charge in [-0.2, -0.15) is 0 Å². The van der Waals surface area contributed by atoms with Crippen molar-refractivity contribution in [3.8, 4) is 0 Å². The number of halogens is 1. The summed E-state index contributed by atoms with van der Waals surface area (Å²) in [6.45, 7) is 0.983. The van der Waals surface area contributed by atoms with E-state index in [-0.39, 0.29) is 0 Å². The third kappa shape index (κ3) is 3.17. The predicted octanol–water partition coefficient (Wildman–Crippen LogP) is 4.06. The summed E-state index contributed by atoms with van der Waals surface area (Å²) in [5.41, 5.74) is 1.37. The minimum atomic E-state index is 0.377. The lowest BCUT2D eigenvalue weighted by Gasteiger charge is -2.35. The van der Waals surface area contributed by atoms with Gasteiger partial charge in [-0.25, -0.2) is 0 Å². The molecule has 1 amide bonds. The first kappa shape index (κ1) is 13.9. The van der Waals surface area contributed by atoms with Crippen LogP contribution in [0.4, 0.5) is 0 Å². The van der Waals surface area contributed by atoms with Crippen LogP contribution in [0.1, 0.15) is 44.1 Å². The molecule has 1 saturated carbocycles. The van der Waals surface area contributed by atoms with Gasteiger partial charge in [0.25, 0.3) is 0 Å². The van der Waals surface area contributed by atoms with E-state index >= 15 is 0 Å². The Bertz CT molecular complexity index is 470. The minimum Gasteiger partial charge on any atom is -0.340 e. The molecule has 1 aromatic rings. The second kappa shape index (κ2) is 6.17. The van der Waals surface area contributed by atoms with E-state index in [1.54, 1.807) is 0 Å². The first-order chi connectivity index (χ1) is 9.72. The summed E-state index contributed by atoms with van der Waals surface area (Å²) < 4.78 is 0. The van der Waals surface area contributed by atoms with Gasteiger partial charge in [0.15, 0.2) is 0 Å². The molecule has 2 aliphatic rings. The quantitative estimate of drug-likeness (QED) is 0.822. The molecule has 1 aromatic carbocycles. The largest absolute Gasteiger partial charge is 0.340 e. The fourth-order valence-corrected chi connectivity index (χ4v) is 3.87. The summed E-state index contributed by atoms with van der Waals surface area (Å²) in [5.74, 6) is 1.09. The zero-order valence-corrected chi connectivity index (χ0v) is 12.6. The van der Waals surface area contributed by atoms with Crippen LogP contribution < -0.4 is 0 Å². The van der Waals surface area contributed by atoms with Crippen LogP contribution in [0.3, 0.4) is 0 Å². The highest BCUT2D eigenvalue weighted by Crippen LogP contribution is 2.32. The van der Waals surface area contributed by atoms with Crippen LogP contribution in [-0.4, -0.2) is 23.4 Å². The molecule has 3 heteroatoms. The normalized spacial score (nSPS) is 27.1. The Morgan fingerprint density at radius 1 is 1.15 bits per heavy atom. The molecule has 0 aromatic heterocycles. The third-order valence-corrected chi connectivity index (χ3v) is 5.00. The number of rotatable bonds is 3. The second-order valence-corrected chi connectivity index (χ2v) is 6.64. The Balaban J connectivity index is 1.60. The van der Waals surface area contributed by atoms with Gasteiger partial charge >= 0.3 is 0 Å². The van der Waals surface area contributed by atoms with Gasteiger partial charge in [0.05, 0.1) is 0 Å². The molecule has 2 fully saturated rings. The maximum absolute atomic E-state index is 11.9. The number of hydrogen-bond acceptors (Lipinski definition) is 1. The van der Waals surface area contributed by atoms with Gasteiger partial charge in [0.2, 0.25) is 5.91 Å². The molecule has 108 valence electrons. The Labute approximate surface area is 126 Å². The number of amides is 1. The lowest BCUT2D eigenvalue weighted by molar-refractivity contribution is -0.130. The van der Waals surface area contributed by atoms with Gasteiger partial charge in [-0.3, -0.25) is 4.79 Å². The molecule has 2 atom stereocenters. The van der Waals surface area contributed by atoms with Crippen molar-refractivity contribution < 1.29 is 4.79 Å². The highest BCUT2D eigenvalue weighted by atomic mass is 35.5. The van der Waals surface area contributed by atoms with Crippen molar-refractivity contribution in [2.24, 2.45) is 5.92 Å². The number of likely N-dealkylation sites (tertiary alicyclic amines) is 1. The summed E-state index contributed by atoms with van der Waals surface area (Å²) in [5, 5.41) is 0.804. The third-order valence-electron chi connectivity index (χ3n) is 4.74. The van der Waals surface area contributed by atoms with Crippen molar-refractivity contribution >= 4 is 17.5 Å². The van der Waals surface area contributed by atoms with Crippen LogP contribution in [0.5, 0.6) is 0 Å². The van der Waals surface area contributed by atoms with Gasteiger partial charge in [-0.15, -0.1) is 0 Å². The van der Waals surface area contributed by atoms with Crippen molar-refractivity contribution in [3.05, 3.63) is 34.9 Å². The van der Waals surface area contributed by atoms with Crippen molar-refractivity contribution in [2.45, 2.75) is 51.0 Å². The molecule has 1 aliphatic carbocycles. The molecule has 0 N–H and O–H groups in total. The molecule has 1 aliphatic heterocycles. The molecule has 0 spiro atoms. The first-order valence-corrected chi connectivity index (χ1v) is 8.14. The monoisotopic (exact) mass is 291 g/mol. The average Bonchev–Trinajstić information content (AvgIpc) is 2.88. The SMILES string of the molecule is O=C1CCCN1C1CCCC(Cc2ccc(Cl)cc2)C1. The highest BCUT2D eigenvalue weighted by molar-refractivity contribution is 6.30. The van der Waals surface area contributed by atoms with E-state index in [2.05, 4.69) is 17.0 Å². The fraction of sp³-hybridized carbons (Fsp3) is 0.588. The molecule has 0 bridgehead atoms. The van der Waals surface area contributed by atoms with E-state index in [0.29, 0.717) is 17.9 Å². The van der Waals surface area contributed by atoms with Crippen LogP contribution in [0.25, 0.3) is 0 Å². The summed E-state index contributed by atoms with van der Waals surface area (Å²) in [7, 11) is 0. The summed E-state index contributed by atoms with van der Waals surface area (Å²) in [6, 6.07) is 8.71. The number of benzene rings is 1. The maximum Gasteiger partial charge on any atom is 0.222 e. The summed E-state index contributed by atoms with van der Waals surface area (Å²) in [6.07, 6.45) is 7.86. The van der Waals surface area contributed by atoms with Crippen molar-refractivity contribution in [1.29, 1.82) is 0 Å². The molecule has 1 saturated heterocycles. The van der Waals surface area contributed by atoms with Crippen molar-refractivity contribution in [2.75, 3.05) is 6.54 Å². The number of carbonyl (C=O) groups is 1. The number of hydrogen-bond donors (Lipinski definition) is 0. The van der Waals surface area contributed by atoms with Crippen LogP contribution >= 0.6 is 11.6 Å². The van der Waals surface area contributed by atoms with Gasteiger partial charge in [-0.1, -0.05) is 30.2 Å². The minimum absolute atomic E-state index is 0.377. The smallest absolute Gasteiger partial charge is 0.222 e. The van der Waals surface area contributed by atoms with Gasteiger partial charge < -0.3 is 4.90 Å². The molecule has 3 rings (SSSR count). The van der Waals surface area contributed by atoms with E-state index in [0.717, 1.165) is 30.8 Å². The lowest BCUT2D eigenvalue weighted by atomic mass is 9.81. The summed E-state index contributed by atoms with van der Waals surface area (Å²) >= 11 is 5.94. The van der Waals surface area contributed by atoms with Gasteiger partial charge in [-0.05, 0) is 55.7 Å². The molecule has 2 nitrogen and oxygen atoms in total. The Morgan fingerprint density at radius 3 is 2.65 bits per heavy atom. The van der Waals surface area contributed by atoms with Gasteiger partial charge in [0.1, 0.15) is 0 Å². The lowest BCUT2D eigenvalue weighted by Crippen LogP contribution is -2.39. The van der Waals surface area contributed by atoms with Crippen molar-refractivity contribution in [3.63, 3.8) is 0 Å². The van der Waals surface area contributed by atoms with Crippen LogP contribution in [0.2, 0.25) is 5.02 Å². The van der Waals surface area contributed by atoms with Crippen LogP contribution in [0.15, 0.2) is 24.3 Å². The first-order valence-electron chi connectivity index (χ1n) is 7.76. The van der Waals surface area contributed by atoms with E-state index in [9.17, 15) is 4.79 Å². The molecule has 1 heterocycles. The molecule has 2 unspecified atom stereocenters. The van der Waals surface area contributed by atoms with E-state index in [4.69, 9.17) is 11.6 Å². The van der Waals surface area contributed by atoms with Crippen molar-refractivity contribution in [1.82, 2.24) is 4.90 Å². The average molecular weight is 292 g/mol. The Kier molecular flexibility index (Phi) is 4.30.